The average molecular weight is 456 g/mol. The molecule has 33 heavy (non-hydrogen) atoms. The summed E-state index contributed by atoms with van der Waals surface area (Å²) in [5, 5.41) is 1.32. The van der Waals surface area contributed by atoms with Crippen molar-refractivity contribution in [3.8, 4) is 0 Å². The second kappa shape index (κ2) is 7.70. The summed E-state index contributed by atoms with van der Waals surface area (Å²) in [5.74, 6) is -2.91. The quantitative estimate of drug-likeness (QED) is 0.416. The number of nitrogens with zero attached hydrogens (tertiary/aromatic N) is 2. The maximum atomic E-state index is 13.4. The molecule has 2 fully saturated rings. The number of imide groups is 1. The summed E-state index contributed by atoms with van der Waals surface area (Å²) in [4.78, 5) is 33.3. The Hall–Kier alpha value is -3.72. The Balaban J connectivity index is 1.60. The molecular formula is C24H16F4N2O3. The topological polar surface area (TPSA) is 49.9 Å². The number of fused-ring (bicyclic) bond motifs is 1. The van der Waals surface area contributed by atoms with Crippen molar-refractivity contribution in [1.82, 2.24) is 0 Å². The third-order valence-electron chi connectivity index (χ3n) is 5.77. The molecule has 5 nitrogen and oxygen atoms in total. The number of hydrogen-bond donors (Lipinski definition) is 0. The largest absolute Gasteiger partial charge is 0.416 e. The van der Waals surface area contributed by atoms with Gasteiger partial charge in [-0.1, -0.05) is 30.3 Å². The van der Waals surface area contributed by atoms with Gasteiger partial charge in [0.1, 0.15) is 11.7 Å². The van der Waals surface area contributed by atoms with E-state index in [0.717, 1.165) is 29.2 Å². The second-order valence-electron chi connectivity index (χ2n) is 7.77. The molecule has 2 amide bonds. The number of alkyl halides is 3. The van der Waals surface area contributed by atoms with E-state index in [1.165, 1.54) is 29.3 Å². The third kappa shape index (κ3) is 3.54. The molecule has 3 atom stereocenters. The number of benzene rings is 3. The predicted octanol–water partition coefficient (Wildman–Crippen LogP) is 4.90. The van der Waals surface area contributed by atoms with Crippen LogP contribution in [0.25, 0.3) is 0 Å². The first-order valence-electron chi connectivity index (χ1n) is 10.1. The molecule has 5 rings (SSSR count). The van der Waals surface area contributed by atoms with E-state index in [2.05, 4.69) is 0 Å². The molecule has 2 aliphatic rings. The molecule has 0 radical (unpaired) electrons. The van der Waals surface area contributed by atoms with Gasteiger partial charge in [-0.25, -0.2) is 14.4 Å². The van der Waals surface area contributed by atoms with Crippen LogP contribution in [-0.4, -0.2) is 17.9 Å². The van der Waals surface area contributed by atoms with Gasteiger partial charge in [-0.2, -0.15) is 13.2 Å². The minimum absolute atomic E-state index is 0.165. The summed E-state index contributed by atoms with van der Waals surface area (Å²) in [6, 6.07) is 17.0. The molecular weight excluding hydrogens is 440 g/mol. The van der Waals surface area contributed by atoms with Crippen LogP contribution in [0.4, 0.5) is 28.9 Å². The Labute approximate surface area is 185 Å². The lowest BCUT2D eigenvalue weighted by atomic mass is 9.89. The van der Waals surface area contributed by atoms with E-state index in [1.54, 1.807) is 30.3 Å². The maximum Gasteiger partial charge on any atom is 0.416 e. The minimum atomic E-state index is -4.58. The van der Waals surface area contributed by atoms with E-state index in [0.29, 0.717) is 5.69 Å². The first kappa shape index (κ1) is 21.1. The summed E-state index contributed by atoms with van der Waals surface area (Å²) in [5.41, 5.74) is -0.0337. The standard InChI is InChI=1S/C24H16F4N2O3/c25-16-9-11-17(12-10-16)29-22(31)19-20(14-5-4-6-15(13-14)24(26,27)28)30(33-21(19)23(29)32)18-7-2-1-3-8-18/h1-13,19-21H. The Bertz CT molecular complexity index is 1210. The molecule has 2 saturated heterocycles. The van der Waals surface area contributed by atoms with Gasteiger partial charge in [0.05, 0.1) is 23.0 Å². The van der Waals surface area contributed by atoms with Gasteiger partial charge in [0.15, 0.2) is 6.10 Å². The molecule has 168 valence electrons. The fraction of sp³-hybridized carbons (Fsp3) is 0.167. The maximum absolute atomic E-state index is 13.4. The van der Waals surface area contributed by atoms with Gasteiger partial charge in [0.2, 0.25) is 5.91 Å². The second-order valence-corrected chi connectivity index (χ2v) is 7.77. The first-order chi connectivity index (χ1) is 15.8. The van der Waals surface area contributed by atoms with Crippen molar-refractivity contribution in [2.24, 2.45) is 5.92 Å². The van der Waals surface area contributed by atoms with E-state index < -0.39 is 47.4 Å². The lowest BCUT2D eigenvalue weighted by Gasteiger charge is -2.29. The zero-order valence-corrected chi connectivity index (χ0v) is 16.9. The summed E-state index contributed by atoms with van der Waals surface area (Å²) in [6.07, 6.45) is -5.82. The zero-order valence-electron chi connectivity index (χ0n) is 16.9. The van der Waals surface area contributed by atoms with Crippen molar-refractivity contribution in [3.63, 3.8) is 0 Å². The fourth-order valence-corrected chi connectivity index (χ4v) is 4.30. The van der Waals surface area contributed by atoms with E-state index >= 15 is 0 Å². The Morgan fingerprint density at radius 3 is 2.15 bits per heavy atom. The van der Waals surface area contributed by atoms with Crippen LogP contribution in [-0.2, 0) is 20.6 Å². The van der Waals surface area contributed by atoms with E-state index in [9.17, 15) is 27.2 Å². The Morgan fingerprint density at radius 1 is 0.788 bits per heavy atom. The lowest BCUT2D eigenvalue weighted by Crippen LogP contribution is -2.37. The molecule has 3 aromatic carbocycles. The summed E-state index contributed by atoms with van der Waals surface area (Å²) < 4.78 is 53.5. The SMILES string of the molecule is O=C1C2ON(c3ccccc3)C(c3cccc(C(F)(F)F)c3)C2C(=O)N1c1ccc(F)cc1. The highest BCUT2D eigenvalue weighted by atomic mass is 19.4. The molecule has 0 bridgehead atoms. The molecule has 0 aromatic heterocycles. The highest BCUT2D eigenvalue weighted by Gasteiger charge is 2.60. The summed E-state index contributed by atoms with van der Waals surface area (Å²) in [6.45, 7) is 0. The van der Waals surface area contributed by atoms with Crippen LogP contribution in [0.3, 0.4) is 0 Å². The van der Waals surface area contributed by atoms with Crippen LogP contribution in [0, 0.1) is 11.7 Å². The van der Waals surface area contributed by atoms with Crippen LogP contribution in [0.2, 0.25) is 0 Å². The van der Waals surface area contributed by atoms with Gasteiger partial charge in [-0.15, -0.1) is 0 Å². The summed E-state index contributed by atoms with van der Waals surface area (Å²) in [7, 11) is 0. The molecule has 0 aliphatic carbocycles. The number of halogens is 4. The smallest absolute Gasteiger partial charge is 0.273 e. The molecule has 0 saturated carbocycles. The lowest BCUT2D eigenvalue weighted by molar-refractivity contribution is -0.137. The summed E-state index contributed by atoms with van der Waals surface area (Å²) >= 11 is 0. The molecule has 9 heteroatoms. The number of anilines is 2. The van der Waals surface area contributed by atoms with Crippen LogP contribution in [0.5, 0.6) is 0 Å². The van der Waals surface area contributed by atoms with Crippen molar-refractivity contribution in [2.45, 2.75) is 18.3 Å². The van der Waals surface area contributed by atoms with Crippen LogP contribution < -0.4 is 9.96 Å². The van der Waals surface area contributed by atoms with Gasteiger partial charge in [-0.05, 0) is 54.1 Å². The van der Waals surface area contributed by atoms with Gasteiger partial charge < -0.3 is 0 Å². The Morgan fingerprint density at radius 2 is 1.48 bits per heavy atom. The Kier molecular flexibility index (Phi) is 4.93. The van der Waals surface area contributed by atoms with E-state index in [4.69, 9.17) is 4.84 Å². The number of rotatable bonds is 3. The van der Waals surface area contributed by atoms with Gasteiger partial charge in [0, 0.05) is 0 Å². The zero-order chi connectivity index (χ0) is 23.3. The minimum Gasteiger partial charge on any atom is -0.273 e. The van der Waals surface area contributed by atoms with Crippen LogP contribution in [0.1, 0.15) is 17.2 Å². The highest BCUT2D eigenvalue weighted by molar-refractivity contribution is 6.23. The number of para-hydroxylation sites is 1. The molecule has 2 aliphatic heterocycles. The number of hydroxylamine groups is 1. The number of carbonyl (C=O) groups is 2. The predicted molar refractivity (Wildman–Crippen MR) is 110 cm³/mol. The van der Waals surface area contributed by atoms with Gasteiger partial charge >= 0.3 is 6.18 Å². The molecule has 2 heterocycles. The van der Waals surface area contributed by atoms with Crippen LogP contribution in [0.15, 0.2) is 78.9 Å². The number of amides is 2. The molecule has 3 unspecified atom stereocenters. The number of carbonyl (C=O) groups excluding carboxylic acids is 2. The van der Waals surface area contributed by atoms with Crippen LogP contribution >= 0.6 is 0 Å². The monoisotopic (exact) mass is 456 g/mol. The van der Waals surface area contributed by atoms with Crippen molar-refractivity contribution < 1.29 is 32.0 Å². The van der Waals surface area contributed by atoms with Gasteiger partial charge in [0.25, 0.3) is 5.91 Å². The van der Waals surface area contributed by atoms with E-state index in [1.807, 2.05) is 0 Å². The first-order valence-corrected chi connectivity index (χ1v) is 10.1. The molecule has 0 N–H and O–H groups in total. The molecule has 0 spiro atoms. The fourth-order valence-electron chi connectivity index (χ4n) is 4.30. The molecule has 3 aromatic rings. The van der Waals surface area contributed by atoms with Crippen molar-refractivity contribution in [3.05, 3.63) is 95.8 Å². The third-order valence-corrected chi connectivity index (χ3v) is 5.77. The average Bonchev–Trinajstić information content (AvgIpc) is 3.31. The van der Waals surface area contributed by atoms with Crippen molar-refractivity contribution >= 4 is 23.2 Å². The van der Waals surface area contributed by atoms with Crippen molar-refractivity contribution in [2.75, 3.05) is 9.96 Å². The normalized spacial score (nSPS) is 22.7. The van der Waals surface area contributed by atoms with Gasteiger partial charge in [-0.3, -0.25) is 14.4 Å². The van der Waals surface area contributed by atoms with E-state index in [-0.39, 0.29) is 11.3 Å². The van der Waals surface area contributed by atoms with Crippen molar-refractivity contribution in [1.29, 1.82) is 0 Å². The number of hydrogen-bond acceptors (Lipinski definition) is 4. The highest BCUT2D eigenvalue weighted by Crippen LogP contribution is 2.48.